The van der Waals surface area contributed by atoms with Gasteiger partial charge in [0.1, 0.15) is 0 Å². The maximum Gasteiger partial charge on any atom is 0.0791 e. The van der Waals surface area contributed by atoms with Gasteiger partial charge in [0.2, 0.25) is 0 Å². The van der Waals surface area contributed by atoms with Gasteiger partial charge in [-0.15, -0.1) is 0 Å². The Labute approximate surface area is 74.2 Å². The number of hydrogen-bond acceptors (Lipinski definition) is 1. The Hall–Kier alpha value is -0.0900. The summed E-state index contributed by atoms with van der Waals surface area (Å²) in [5, 5.41) is 9.03. The summed E-state index contributed by atoms with van der Waals surface area (Å²) >= 11 is 2.20. The summed E-state index contributed by atoms with van der Waals surface area (Å²) in [7, 11) is 0. The smallest absolute Gasteiger partial charge is 0.0791 e. The first-order chi connectivity index (χ1) is 4.70. The van der Waals surface area contributed by atoms with Crippen molar-refractivity contribution < 1.29 is 5.11 Å². The maximum atomic E-state index is 9.03. The van der Waals surface area contributed by atoms with Gasteiger partial charge in [0.25, 0.3) is 0 Å². The standard InChI is InChI=1S/C8H8IO/c1-6(10)7-3-2-4-8(9)5-7/h2-6,10H,1H2. The van der Waals surface area contributed by atoms with Crippen LogP contribution in [0.15, 0.2) is 24.3 Å². The second-order valence-corrected chi connectivity index (χ2v) is 3.32. The molecule has 0 aliphatic rings. The zero-order chi connectivity index (χ0) is 7.56. The van der Waals surface area contributed by atoms with Gasteiger partial charge in [0.05, 0.1) is 6.10 Å². The van der Waals surface area contributed by atoms with Gasteiger partial charge in [-0.3, -0.25) is 0 Å². The minimum absolute atomic E-state index is 0.602. The quantitative estimate of drug-likeness (QED) is 0.754. The van der Waals surface area contributed by atoms with Crippen LogP contribution in [0.2, 0.25) is 0 Å². The second kappa shape index (κ2) is 3.34. The van der Waals surface area contributed by atoms with Crippen molar-refractivity contribution in [1.29, 1.82) is 0 Å². The van der Waals surface area contributed by atoms with E-state index in [0.29, 0.717) is 0 Å². The van der Waals surface area contributed by atoms with E-state index in [-0.39, 0.29) is 0 Å². The fourth-order valence-electron chi connectivity index (χ4n) is 0.714. The lowest BCUT2D eigenvalue weighted by Gasteiger charge is -2.02. The summed E-state index contributed by atoms with van der Waals surface area (Å²) in [5.74, 6) is 0. The zero-order valence-electron chi connectivity index (χ0n) is 5.42. The number of rotatable bonds is 1. The van der Waals surface area contributed by atoms with Gasteiger partial charge in [-0.05, 0) is 47.2 Å². The third kappa shape index (κ3) is 1.95. The minimum Gasteiger partial charge on any atom is -0.388 e. The molecule has 0 heterocycles. The number of aliphatic hydroxyl groups is 1. The highest BCUT2D eigenvalue weighted by Crippen LogP contribution is 2.13. The van der Waals surface area contributed by atoms with E-state index in [1.165, 1.54) is 0 Å². The first-order valence-corrected chi connectivity index (χ1v) is 4.04. The molecule has 1 unspecified atom stereocenters. The van der Waals surface area contributed by atoms with E-state index in [2.05, 4.69) is 29.5 Å². The molecule has 0 aliphatic carbocycles. The van der Waals surface area contributed by atoms with Crippen LogP contribution >= 0.6 is 22.6 Å². The van der Waals surface area contributed by atoms with Crippen LogP contribution in [0.4, 0.5) is 0 Å². The molecule has 1 radical (unpaired) electrons. The average molecular weight is 247 g/mol. The highest BCUT2D eigenvalue weighted by molar-refractivity contribution is 14.1. The molecule has 0 saturated carbocycles. The molecule has 0 bridgehead atoms. The monoisotopic (exact) mass is 247 g/mol. The second-order valence-electron chi connectivity index (χ2n) is 2.07. The van der Waals surface area contributed by atoms with Crippen LogP contribution in [-0.4, -0.2) is 5.11 Å². The van der Waals surface area contributed by atoms with Crippen molar-refractivity contribution >= 4 is 22.6 Å². The topological polar surface area (TPSA) is 20.2 Å². The van der Waals surface area contributed by atoms with Crippen molar-refractivity contribution in [2.75, 3.05) is 0 Å². The molecule has 1 rings (SSSR count). The summed E-state index contributed by atoms with van der Waals surface area (Å²) in [6, 6.07) is 7.66. The zero-order valence-corrected chi connectivity index (χ0v) is 7.58. The average Bonchev–Trinajstić information content (AvgIpc) is 1.88. The van der Waals surface area contributed by atoms with Crippen molar-refractivity contribution in [3.63, 3.8) is 0 Å². The van der Waals surface area contributed by atoms with Crippen LogP contribution in [0.1, 0.15) is 11.7 Å². The van der Waals surface area contributed by atoms with Gasteiger partial charge < -0.3 is 5.11 Å². The van der Waals surface area contributed by atoms with Gasteiger partial charge in [-0.25, -0.2) is 0 Å². The Morgan fingerprint density at radius 3 is 2.60 bits per heavy atom. The predicted octanol–water partition coefficient (Wildman–Crippen LogP) is 2.16. The van der Waals surface area contributed by atoms with E-state index in [1.54, 1.807) is 0 Å². The van der Waals surface area contributed by atoms with Crippen molar-refractivity contribution in [2.24, 2.45) is 0 Å². The SMILES string of the molecule is [CH2]C(O)c1cccc(I)c1. The normalized spacial score (nSPS) is 13.1. The van der Waals surface area contributed by atoms with E-state index in [0.717, 1.165) is 9.13 Å². The van der Waals surface area contributed by atoms with Gasteiger partial charge in [0, 0.05) is 3.57 Å². The molecule has 0 aromatic heterocycles. The Morgan fingerprint density at radius 2 is 2.20 bits per heavy atom. The first kappa shape index (κ1) is 8.01. The van der Waals surface area contributed by atoms with Crippen molar-refractivity contribution in [3.8, 4) is 0 Å². The van der Waals surface area contributed by atoms with E-state index in [4.69, 9.17) is 5.11 Å². The van der Waals surface area contributed by atoms with Crippen LogP contribution in [0, 0.1) is 10.5 Å². The van der Waals surface area contributed by atoms with Crippen molar-refractivity contribution in [2.45, 2.75) is 6.10 Å². The molecule has 0 aliphatic heterocycles. The van der Waals surface area contributed by atoms with Crippen LogP contribution in [0.5, 0.6) is 0 Å². The summed E-state index contributed by atoms with van der Waals surface area (Å²) in [4.78, 5) is 0. The van der Waals surface area contributed by atoms with Crippen LogP contribution < -0.4 is 0 Å². The molecule has 0 fully saturated rings. The van der Waals surface area contributed by atoms with Crippen molar-refractivity contribution in [3.05, 3.63) is 40.3 Å². The Bertz CT molecular complexity index is 220. The molecule has 0 saturated heterocycles. The number of halogens is 1. The van der Waals surface area contributed by atoms with Crippen molar-refractivity contribution in [1.82, 2.24) is 0 Å². The van der Waals surface area contributed by atoms with E-state index in [1.807, 2.05) is 24.3 Å². The molecule has 1 atom stereocenters. The van der Waals surface area contributed by atoms with Gasteiger partial charge in [-0.1, -0.05) is 12.1 Å². The minimum atomic E-state index is -0.602. The predicted molar refractivity (Wildman–Crippen MR) is 49.5 cm³/mol. The Balaban J connectivity index is 2.96. The molecule has 0 spiro atoms. The van der Waals surface area contributed by atoms with Crippen LogP contribution in [0.25, 0.3) is 0 Å². The molecule has 2 heteroatoms. The van der Waals surface area contributed by atoms with E-state index in [9.17, 15) is 0 Å². The molecule has 1 aromatic carbocycles. The lowest BCUT2D eigenvalue weighted by molar-refractivity contribution is 0.226. The lowest BCUT2D eigenvalue weighted by atomic mass is 10.1. The third-order valence-corrected chi connectivity index (χ3v) is 1.90. The Morgan fingerprint density at radius 1 is 1.50 bits per heavy atom. The molecular formula is C8H8IO. The molecule has 1 N–H and O–H groups in total. The molecule has 0 amide bonds. The summed E-state index contributed by atoms with van der Waals surface area (Å²) in [5.41, 5.74) is 0.868. The molecule has 1 nitrogen and oxygen atoms in total. The Kier molecular flexibility index (Phi) is 2.68. The van der Waals surface area contributed by atoms with Gasteiger partial charge >= 0.3 is 0 Å². The first-order valence-electron chi connectivity index (χ1n) is 2.97. The van der Waals surface area contributed by atoms with E-state index >= 15 is 0 Å². The van der Waals surface area contributed by atoms with Crippen LogP contribution in [0.3, 0.4) is 0 Å². The fourth-order valence-corrected chi connectivity index (χ4v) is 1.28. The molecule has 1 aromatic rings. The van der Waals surface area contributed by atoms with Gasteiger partial charge in [-0.2, -0.15) is 0 Å². The highest BCUT2D eigenvalue weighted by atomic mass is 127. The van der Waals surface area contributed by atoms with Crippen LogP contribution in [-0.2, 0) is 0 Å². The summed E-state index contributed by atoms with van der Waals surface area (Å²) < 4.78 is 1.12. The van der Waals surface area contributed by atoms with Gasteiger partial charge in [0.15, 0.2) is 0 Å². The maximum absolute atomic E-state index is 9.03. The fraction of sp³-hybridized carbons (Fsp3) is 0.125. The largest absolute Gasteiger partial charge is 0.388 e. The molecular weight excluding hydrogens is 239 g/mol. The number of aliphatic hydroxyl groups excluding tert-OH is 1. The number of benzene rings is 1. The van der Waals surface area contributed by atoms with E-state index < -0.39 is 6.10 Å². The third-order valence-electron chi connectivity index (χ3n) is 1.23. The summed E-state index contributed by atoms with van der Waals surface area (Å²) in [6.45, 7) is 3.50. The number of hydrogen-bond donors (Lipinski definition) is 1. The molecule has 53 valence electrons. The molecule has 10 heavy (non-hydrogen) atoms. The highest BCUT2D eigenvalue weighted by Gasteiger charge is 1.98. The summed E-state index contributed by atoms with van der Waals surface area (Å²) in [6.07, 6.45) is -0.602. The lowest BCUT2D eigenvalue weighted by Crippen LogP contribution is -1.90.